The zero-order chi connectivity index (χ0) is 15.0. The van der Waals surface area contributed by atoms with Gasteiger partial charge in [-0.3, -0.25) is 4.79 Å². The number of hydrogen-bond acceptors (Lipinski definition) is 4. The van der Waals surface area contributed by atoms with Crippen LogP contribution in [0.4, 0.5) is 5.00 Å². The number of methoxy groups -OCH3 is 1. The average molecular weight is 317 g/mol. The molecule has 1 rings (SSSR count). The number of rotatable bonds is 7. The van der Waals surface area contributed by atoms with Crippen molar-refractivity contribution in [3.05, 3.63) is 16.0 Å². The first-order valence-corrected chi connectivity index (χ1v) is 8.00. The Balaban J connectivity index is 2.93. The van der Waals surface area contributed by atoms with E-state index in [2.05, 4.69) is 17.2 Å². The molecule has 0 radical (unpaired) electrons. The van der Waals surface area contributed by atoms with E-state index in [0.717, 1.165) is 25.7 Å². The molecule has 0 aliphatic rings. The van der Waals surface area contributed by atoms with Gasteiger partial charge in [-0.2, -0.15) is 0 Å². The number of ether oxygens (including phenoxy) is 1. The molecule has 1 N–H and O–H groups in total. The highest BCUT2D eigenvalue weighted by Crippen LogP contribution is 2.34. The zero-order valence-electron chi connectivity index (χ0n) is 12.2. The van der Waals surface area contributed by atoms with Crippen molar-refractivity contribution in [3.63, 3.8) is 0 Å². The van der Waals surface area contributed by atoms with Gasteiger partial charge in [0, 0.05) is 13.0 Å². The van der Waals surface area contributed by atoms with Gasteiger partial charge in [0.15, 0.2) is 5.90 Å². The lowest BCUT2D eigenvalue weighted by atomic mass is 10.2. The van der Waals surface area contributed by atoms with Crippen LogP contribution in [0.15, 0.2) is 11.1 Å². The first kappa shape index (κ1) is 17.0. The van der Waals surface area contributed by atoms with E-state index in [-0.39, 0.29) is 5.91 Å². The normalized spacial score (nSPS) is 11.5. The van der Waals surface area contributed by atoms with Gasteiger partial charge in [-0.25, -0.2) is 4.99 Å². The second kappa shape index (κ2) is 8.97. The molecule has 0 saturated carbocycles. The summed E-state index contributed by atoms with van der Waals surface area (Å²) in [6.45, 7) is 4.76. The summed E-state index contributed by atoms with van der Waals surface area (Å²) in [6.07, 6.45) is 3.72. The van der Waals surface area contributed by atoms with Crippen LogP contribution in [-0.2, 0) is 4.74 Å². The molecule has 0 spiro atoms. The van der Waals surface area contributed by atoms with E-state index in [9.17, 15) is 4.79 Å². The lowest BCUT2D eigenvalue weighted by molar-refractivity contribution is 0.0955. The Kier molecular flexibility index (Phi) is 7.62. The minimum atomic E-state index is -0.139. The van der Waals surface area contributed by atoms with Gasteiger partial charge >= 0.3 is 0 Å². The van der Waals surface area contributed by atoms with Crippen molar-refractivity contribution < 1.29 is 9.53 Å². The fraction of sp³-hybridized carbons (Fsp3) is 0.571. The van der Waals surface area contributed by atoms with E-state index in [0.29, 0.717) is 27.3 Å². The zero-order valence-corrected chi connectivity index (χ0v) is 13.7. The number of aliphatic imine (C=N–C) groups is 1. The average Bonchev–Trinajstić information content (AvgIpc) is 2.81. The second-order valence-electron chi connectivity index (χ2n) is 4.34. The minimum Gasteiger partial charge on any atom is -0.484 e. The molecule has 20 heavy (non-hydrogen) atoms. The number of nitrogens with zero attached hydrogens (tertiary/aromatic N) is 1. The summed E-state index contributed by atoms with van der Waals surface area (Å²) in [5.41, 5.74) is 0.513. The van der Waals surface area contributed by atoms with Crippen molar-refractivity contribution in [2.24, 2.45) is 4.99 Å². The van der Waals surface area contributed by atoms with Crippen LogP contribution in [0.3, 0.4) is 0 Å². The van der Waals surface area contributed by atoms with Gasteiger partial charge in [-0.05, 0) is 18.9 Å². The van der Waals surface area contributed by atoms with Gasteiger partial charge < -0.3 is 10.1 Å². The molecule has 0 bridgehead atoms. The number of amides is 1. The molecule has 1 heterocycles. The quantitative estimate of drug-likeness (QED) is 0.598. The Morgan fingerprint density at radius 3 is 2.80 bits per heavy atom. The molecule has 112 valence electrons. The Morgan fingerprint density at radius 2 is 2.20 bits per heavy atom. The van der Waals surface area contributed by atoms with E-state index < -0.39 is 0 Å². The minimum absolute atomic E-state index is 0.139. The Hall–Kier alpha value is -1.07. The van der Waals surface area contributed by atoms with Crippen molar-refractivity contribution in [1.82, 2.24) is 5.32 Å². The van der Waals surface area contributed by atoms with E-state index >= 15 is 0 Å². The first-order chi connectivity index (χ1) is 9.62. The topological polar surface area (TPSA) is 50.7 Å². The molecular formula is C14H21ClN2O2S. The Bertz CT molecular complexity index is 472. The summed E-state index contributed by atoms with van der Waals surface area (Å²) < 4.78 is 5.82. The van der Waals surface area contributed by atoms with Crippen LogP contribution < -0.4 is 5.32 Å². The maximum absolute atomic E-state index is 12.0. The summed E-state index contributed by atoms with van der Waals surface area (Å²) in [5.74, 6) is 0.495. The van der Waals surface area contributed by atoms with Crippen molar-refractivity contribution in [2.75, 3.05) is 13.7 Å². The monoisotopic (exact) mass is 316 g/mol. The molecular weight excluding hydrogens is 296 g/mol. The fourth-order valence-corrected chi connectivity index (χ4v) is 2.68. The molecule has 0 saturated heterocycles. The smallest absolute Gasteiger partial charge is 0.254 e. The number of hydrogen-bond donors (Lipinski definition) is 1. The van der Waals surface area contributed by atoms with E-state index in [4.69, 9.17) is 16.3 Å². The third kappa shape index (κ3) is 5.13. The molecule has 0 aliphatic heterocycles. The van der Waals surface area contributed by atoms with Crippen LogP contribution in [0.1, 0.15) is 49.9 Å². The molecule has 0 unspecified atom stereocenters. The predicted octanol–water partition coefficient (Wildman–Crippen LogP) is 4.41. The molecule has 0 fully saturated rings. The van der Waals surface area contributed by atoms with Crippen LogP contribution in [0.25, 0.3) is 0 Å². The Morgan fingerprint density at radius 1 is 1.45 bits per heavy atom. The number of carbonyl (C=O) groups is 1. The van der Waals surface area contributed by atoms with Crippen molar-refractivity contribution in [2.45, 2.75) is 39.5 Å². The first-order valence-electron chi connectivity index (χ1n) is 6.81. The maximum atomic E-state index is 12.0. The van der Waals surface area contributed by atoms with Gasteiger partial charge in [0.1, 0.15) is 5.00 Å². The molecule has 1 amide bonds. The molecule has 0 aliphatic carbocycles. The van der Waals surface area contributed by atoms with Gasteiger partial charge in [0.2, 0.25) is 0 Å². The molecule has 4 nitrogen and oxygen atoms in total. The van der Waals surface area contributed by atoms with E-state index in [1.165, 1.54) is 11.3 Å². The van der Waals surface area contributed by atoms with Crippen LogP contribution >= 0.6 is 22.9 Å². The molecule has 0 aromatic carbocycles. The van der Waals surface area contributed by atoms with Crippen molar-refractivity contribution in [1.29, 1.82) is 0 Å². The highest BCUT2D eigenvalue weighted by Gasteiger charge is 2.15. The van der Waals surface area contributed by atoms with Gasteiger partial charge in [0.05, 0.1) is 17.0 Å². The number of carbonyl (C=O) groups excluding carboxylic acids is 1. The summed E-state index contributed by atoms with van der Waals surface area (Å²) in [4.78, 5) is 16.5. The molecule has 6 heteroatoms. The maximum Gasteiger partial charge on any atom is 0.254 e. The van der Waals surface area contributed by atoms with Crippen molar-refractivity contribution >= 4 is 39.7 Å². The van der Waals surface area contributed by atoms with Gasteiger partial charge in [0.25, 0.3) is 5.91 Å². The highest BCUT2D eigenvalue weighted by atomic mass is 35.5. The van der Waals surface area contributed by atoms with Crippen LogP contribution in [-0.4, -0.2) is 25.5 Å². The Labute approximate surface area is 129 Å². The van der Waals surface area contributed by atoms with Crippen LogP contribution in [0, 0.1) is 0 Å². The van der Waals surface area contributed by atoms with E-state index in [1.54, 1.807) is 13.2 Å². The largest absolute Gasteiger partial charge is 0.484 e. The predicted molar refractivity (Wildman–Crippen MR) is 85.6 cm³/mol. The number of halogens is 1. The number of nitrogens with one attached hydrogen (secondary N) is 1. The highest BCUT2D eigenvalue weighted by molar-refractivity contribution is 7.20. The van der Waals surface area contributed by atoms with Gasteiger partial charge in [-0.15, -0.1) is 11.3 Å². The number of unbranched alkanes of at least 4 members (excludes halogenated alkanes) is 1. The van der Waals surface area contributed by atoms with Crippen molar-refractivity contribution in [3.8, 4) is 0 Å². The summed E-state index contributed by atoms with van der Waals surface area (Å²) in [5, 5.41) is 3.44. The lowest BCUT2D eigenvalue weighted by Gasteiger charge is -2.05. The lowest BCUT2D eigenvalue weighted by Crippen LogP contribution is -2.23. The summed E-state index contributed by atoms with van der Waals surface area (Å²) >= 11 is 7.29. The van der Waals surface area contributed by atoms with Gasteiger partial charge in [-0.1, -0.05) is 31.9 Å². The standard InChI is InChI=1S/C14H21ClN2O2S/c1-4-6-7-12(19-3)17-14-10(9-11(15)20-14)13(18)16-8-5-2/h9H,4-8H2,1-3H3,(H,16,18)/b17-12+. The van der Waals surface area contributed by atoms with Crippen LogP contribution in [0.5, 0.6) is 0 Å². The second-order valence-corrected chi connectivity index (χ2v) is 6.00. The van der Waals surface area contributed by atoms with Crippen LogP contribution in [0.2, 0.25) is 4.34 Å². The molecule has 1 aromatic heterocycles. The molecule has 0 atom stereocenters. The summed E-state index contributed by atoms with van der Waals surface area (Å²) in [6, 6.07) is 1.66. The van der Waals surface area contributed by atoms with E-state index in [1.807, 2.05) is 6.92 Å². The summed E-state index contributed by atoms with van der Waals surface area (Å²) in [7, 11) is 1.60. The fourth-order valence-electron chi connectivity index (χ4n) is 1.58. The SMILES string of the molecule is CCCC/C(=N\c1sc(Cl)cc1C(=O)NCCC)OC. The number of thiophene rings is 1. The third-order valence-electron chi connectivity index (χ3n) is 2.67. The third-order valence-corrected chi connectivity index (χ3v) is 3.83. The molecule has 1 aromatic rings.